The number of hydrogen-bond acceptors (Lipinski definition) is 0. The molecular formula is C22H34Sr. The van der Waals surface area contributed by atoms with E-state index in [1.807, 2.05) is 0 Å². The van der Waals surface area contributed by atoms with E-state index in [1.165, 1.54) is 59.1 Å². The first-order chi connectivity index (χ1) is 10.3. The van der Waals surface area contributed by atoms with E-state index < -0.39 is 0 Å². The first kappa shape index (κ1) is 23.2. The van der Waals surface area contributed by atoms with E-state index in [0.717, 1.165) is 0 Å². The largest absolute Gasteiger partial charge is 2.00 e. The van der Waals surface area contributed by atoms with Crippen molar-refractivity contribution in [1.82, 2.24) is 0 Å². The maximum Gasteiger partial charge on any atom is 2.00 e. The van der Waals surface area contributed by atoms with Crippen molar-refractivity contribution in [2.24, 2.45) is 0 Å². The number of aryl methyl sites for hydroxylation is 4. The van der Waals surface area contributed by atoms with Crippen molar-refractivity contribution >= 4 is 45.5 Å². The summed E-state index contributed by atoms with van der Waals surface area (Å²) >= 11 is 0. The SMILES string of the molecule is CCC[c-]1cc(C)c(C)c1C.CCC[c-]1cc(C)c(C)c1C.[Sr+2]. The second-order valence-electron chi connectivity index (χ2n) is 6.71. The molecule has 124 valence electrons. The fourth-order valence-corrected chi connectivity index (χ4v) is 3.09. The molecule has 0 bridgehead atoms. The Balaban J connectivity index is 0.000000403. The third-order valence-corrected chi connectivity index (χ3v) is 5.09. The van der Waals surface area contributed by atoms with Crippen molar-refractivity contribution in [3.8, 4) is 0 Å². The molecule has 0 aliphatic carbocycles. The van der Waals surface area contributed by atoms with E-state index in [0.29, 0.717) is 0 Å². The number of rotatable bonds is 4. The molecule has 0 atom stereocenters. The second-order valence-corrected chi connectivity index (χ2v) is 6.71. The summed E-state index contributed by atoms with van der Waals surface area (Å²) in [6, 6.07) is 4.66. The van der Waals surface area contributed by atoms with Crippen LogP contribution < -0.4 is 0 Å². The van der Waals surface area contributed by atoms with E-state index in [-0.39, 0.29) is 45.5 Å². The summed E-state index contributed by atoms with van der Waals surface area (Å²) in [5.41, 5.74) is 12.0. The molecule has 0 nitrogen and oxygen atoms in total. The van der Waals surface area contributed by atoms with E-state index >= 15 is 0 Å². The van der Waals surface area contributed by atoms with Gasteiger partial charge in [-0.05, 0) is 0 Å². The van der Waals surface area contributed by atoms with Gasteiger partial charge in [-0.25, -0.2) is 0 Å². The maximum absolute atomic E-state index is 2.33. The van der Waals surface area contributed by atoms with Gasteiger partial charge in [0.15, 0.2) is 0 Å². The first-order valence-electron chi connectivity index (χ1n) is 8.78. The van der Waals surface area contributed by atoms with Crippen LogP contribution in [0.5, 0.6) is 0 Å². The number of hydrogen-bond donors (Lipinski definition) is 0. The molecular weight excluding hydrogens is 352 g/mol. The van der Waals surface area contributed by atoms with Gasteiger partial charge in [0.25, 0.3) is 0 Å². The van der Waals surface area contributed by atoms with Gasteiger partial charge in [-0.2, -0.15) is 56.6 Å². The van der Waals surface area contributed by atoms with Gasteiger partial charge in [0.2, 0.25) is 0 Å². The van der Waals surface area contributed by atoms with Crippen LogP contribution in [0, 0.1) is 41.5 Å². The molecule has 2 aromatic carbocycles. The maximum atomic E-state index is 2.33. The van der Waals surface area contributed by atoms with Crippen LogP contribution in [0.2, 0.25) is 0 Å². The van der Waals surface area contributed by atoms with Crippen LogP contribution in [-0.4, -0.2) is 45.5 Å². The average Bonchev–Trinajstić information content (AvgIpc) is 2.86. The minimum Gasteiger partial charge on any atom is -0.198 e. The molecule has 0 spiro atoms. The van der Waals surface area contributed by atoms with Crippen LogP contribution in [0.4, 0.5) is 0 Å². The van der Waals surface area contributed by atoms with Crippen molar-refractivity contribution in [1.29, 1.82) is 0 Å². The molecule has 0 heterocycles. The van der Waals surface area contributed by atoms with E-state index in [2.05, 4.69) is 67.5 Å². The van der Waals surface area contributed by atoms with Gasteiger partial charge < -0.3 is 0 Å². The molecule has 0 fully saturated rings. The third kappa shape index (κ3) is 6.20. The molecule has 2 aromatic rings. The minimum atomic E-state index is 0. The average molecular weight is 386 g/mol. The van der Waals surface area contributed by atoms with E-state index in [9.17, 15) is 0 Å². The summed E-state index contributed by atoms with van der Waals surface area (Å²) in [6.45, 7) is 17.7. The quantitative estimate of drug-likeness (QED) is 0.435. The molecule has 0 aliphatic rings. The molecule has 0 saturated heterocycles. The molecule has 0 saturated carbocycles. The third-order valence-electron chi connectivity index (χ3n) is 5.09. The van der Waals surface area contributed by atoms with Gasteiger partial charge in [-0.15, -0.1) is 0 Å². The van der Waals surface area contributed by atoms with Gasteiger partial charge in [-0.1, -0.05) is 81.1 Å². The Morgan fingerprint density at radius 1 is 0.652 bits per heavy atom. The van der Waals surface area contributed by atoms with Crippen LogP contribution in [0.1, 0.15) is 71.2 Å². The zero-order valence-corrected chi connectivity index (χ0v) is 20.2. The van der Waals surface area contributed by atoms with Crippen molar-refractivity contribution < 1.29 is 0 Å². The van der Waals surface area contributed by atoms with Gasteiger partial charge >= 0.3 is 45.5 Å². The second kappa shape index (κ2) is 10.9. The van der Waals surface area contributed by atoms with Crippen molar-refractivity contribution in [2.75, 3.05) is 0 Å². The standard InChI is InChI=1S/2C11H17.Sr/c2*1-5-6-11-7-8(2)9(3)10(11)4;/h2*7H,5-6H2,1-4H3;/q2*-1;+2. The zero-order chi connectivity index (χ0) is 16.9. The van der Waals surface area contributed by atoms with Crippen molar-refractivity contribution in [2.45, 2.75) is 81.1 Å². The predicted octanol–water partition coefficient (Wildman–Crippen LogP) is 6.19. The van der Waals surface area contributed by atoms with Gasteiger partial charge in [0, 0.05) is 0 Å². The summed E-state index contributed by atoms with van der Waals surface area (Å²) < 4.78 is 0. The van der Waals surface area contributed by atoms with Crippen LogP contribution in [0.3, 0.4) is 0 Å². The van der Waals surface area contributed by atoms with E-state index in [1.54, 1.807) is 11.1 Å². The van der Waals surface area contributed by atoms with Crippen molar-refractivity contribution in [3.63, 3.8) is 0 Å². The Kier molecular flexibility index (Phi) is 11.0. The molecule has 2 rings (SSSR count). The van der Waals surface area contributed by atoms with Gasteiger partial charge in [-0.3, -0.25) is 0 Å². The molecule has 0 N–H and O–H groups in total. The Morgan fingerprint density at radius 3 is 1.13 bits per heavy atom. The summed E-state index contributed by atoms with van der Waals surface area (Å²) in [4.78, 5) is 0. The van der Waals surface area contributed by atoms with Crippen LogP contribution >= 0.6 is 0 Å². The summed E-state index contributed by atoms with van der Waals surface area (Å²) in [5, 5.41) is 0. The summed E-state index contributed by atoms with van der Waals surface area (Å²) in [5.74, 6) is 0. The fraction of sp³-hybridized carbons (Fsp3) is 0.545. The monoisotopic (exact) mass is 386 g/mol. The van der Waals surface area contributed by atoms with Crippen LogP contribution in [-0.2, 0) is 12.8 Å². The summed E-state index contributed by atoms with van der Waals surface area (Å²) in [6.07, 6.45) is 4.98. The predicted molar refractivity (Wildman–Crippen MR) is 106 cm³/mol. The Morgan fingerprint density at radius 2 is 0.957 bits per heavy atom. The first-order valence-corrected chi connectivity index (χ1v) is 8.78. The minimum absolute atomic E-state index is 0. The molecule has 0 amide bonds. The fourth-order valence-electron chi connectivity index (χ4n) is 3.09. The van der Waals surface area contributed by atoms with Crippen LogP contribution in [0.15, 0.2) is 12.1 Å². The molecule has 23 heavy (non-hydrogen) atoms. The molecule has 0 unspecified atom stereocenters. The van der Waals surface area contributed by atoms with E-state index in [4.69, 9.17) is 0 Å². The smallest absolute Gasteiger partial charge is 0.198 e. The summed E-state index contributed by atoms with van der Waals surface area (Å²) in [7, 11) is 0. The molecule has 0 aliphatic heterocycles. The normalized spacial score (nSPS) is 10.1. The zero-order valence-electron chi connectivity index (χ0n) is 16.7. The Hall–Kier alpha value is 0.181. The van der Waals surface area contributed by atoms with Crippen LogP contribution in [0.25, 0.3) is 0 Å². The Bertz CT molecular complexity index is 542. The van der Waals surface area contributed by atoms with Gasteiger partial charge in [0.1, 0.15) is 0 Å². The molecule has 0 radical (unpaired) electrons. The Labute approximate surface area is 181 Å². The molecule has 1 heteroatoms. The topological polar surface area (TPSA) is 0 Å². The van der Waals surface area contributed by atoms with Crippen molar-refractivity contribution in [3.05, 3.63) is 56.6 Å². The molecule has 0 aromatic heterocycles. The van der Waals surface area contributed by atoms with Gasteiger partial charge in [0.05, 0.1) is 0 Å².